The number of carbonyl (C=O) groups excluding carboxylic acids is 1. The van der Waals surface area contributed by atoms with Crippen LogP contribution in [0.25, 0.3) is 5.65 Å². The SMILES string of the molecule is CCOc1cc2nc(C3C4COCC43)cn2cc1CC(=O)c1csc(C(F)(F)F)n1. The molecule has 6 nitrogen and oxygen atoms in total. The molecular weight excluding hydrogens is 419 g/mol. The van der Waals surface area contributed by atoms with Gasteiger partial charge in [0, 0.05) is 41.7 Å². The molecule has 0 spiro atoms. The number of Topliss-reactive ketones (excluding diaryl/α,β-unsaturated/α-hetero) is 1. The summed E-state index contributed by atoms with van der Waals surface area (Å²) in [5, 5.41) is 0.123. The van der Waals surface area contributed by atoms with Gasteiger partial charge in [0.05, 0.1) is 25.5 Å². The number of alkyl halides is 3. The van der Waals surface area contributed by atoms with Gasteiger partial charge in [-0.25, -0.2) is 9.97 Å². The number of rotatable bonds is 6. The van der Waals surface area contributed by atoms with Crippen LogP contribution in [-0.4, -0.2) is 40.0 Å². The zero-order valence-corrected chi connectivity index (χ0v) is 16.8. The van der Waals surface area contributed by atoms with Crippen molar-refractivity contribution in [3.05, 3.63) is 45.8 Å². The normalized spacial score (nSPS) is 23.0. The van der Waals surface area contributed by atoms with Crippen LogP contribution in [0.3, 0.4) is 0 Å². The molecule has 0 amide bonds. The lowest BCUT2D eigenvalue weighted by Crippen LogP contribution is -2.09. The van der Waals surface area contributed by atoms with Crippen LogP contribution in [0, 0.1) is 11.8 Å². The van der Waals surface area contributed by atoms with Gasteiger partial charge in [-0.1, -0.05) is 0 Å². The molecule has 10 heteroatoms. The summed E-state index contributed by atoms with van der Waals surface area (Å²) in [7, 11) is 0. The van der Waals surface area contributed by atoms with E-state index in [1.165, 1.54) is 0 Å². The Labute approximate surface area is 173 Å². The van der Waals surface area contributed by atoms with Crippen LogP contribution in [0.2, 0.25) is 0 Å². The zero-order valence-electron chi connectivity index (χ0n) is 16.0. The van der Waals surface area contributed by atoms with Crippen molar-refractivity contribution >= 4 is 22.8 Å². The van der Waals surface area contributed by atoms with Crippen molar-refractivity contribution < 1.29 is 27.4 Å². The number of thiazole rings is 1. The van der Waals surface area contributed by atoms with Crippen molar-refractivity contribution in [3.63, 3.8) is 0 Å². The van der Waals surface area contributed by atoms with Crippen molar-refractivity contribution in [2.45, 2.75) is 25.4 Å². The Hall–Kier alpha value is -2.46. The summed E-state index contributed by atoms with van der Waals surface area (Å²) in [4.78, 5) is 20.8. The van der Waals surface area contributed by atoms with Crippen LogP contribution in [-0.2, 0) is 17.3 Å². The Kier molecular flexibility index (Phi) is 4.59. The Morgan fingerprint density at radius 1 is 1.30 bits per heavy atom. The van der Waals surface area contributed by atoms with Gasteiger partial charge >= 0.3 is 6.18 Å². The molecular formula is C20H18F3N3O3S. The first-order valence-corrected chi connectivity index (χ1v) is 10.5. The number of hydrogen-bond donors (Lipinski definition) is 0. The highest BCUT2D eigenvalue weighted by Gasteiger charge is 2.55. The number of halogens is 3. The van der Waals surface area contributed by atoms with E-state index in [4.69, 9.17) is 14.5 Å². The van der Waals surface area contributed by atoms with E-state index < -0.39 is 17.0 Å². The molecule has 3 aromatic rings. The molecule has 158 valence electrons. The standard InChI is InChI=1S/C20H18F3N3O3S/c1-2-29-16-4-17-24-13(18-11-7-28-8-12(11)18)6-26(17)5-10(16)3-15(27)14-9-30-19(25-14)20(21,22)23/h4-6,9,11-12,18H,2-3,7-8H2,1H3. The van der Waals surface area contributed by atoms with E-state index in [1.54, 1.807) is 12.3 Å². The van der Waals surface area contributed by atoms with E-state index in [1.807, 2.05) is 17.5 Å². The highest BCUT2D eigenvalue weighted by Crippen LogP contribution is 2.57. The number of nitrogens with zero attached hydrogens (tertiary/aromatic N) is 3. The van der Waals surface area contributed by atoms with Gasteiger partial charge in [0.25, 0.3) is 0 Å². The van der Waals surface area contributed by atoms with Gasteiger partial charge in [0.1, 0.15) is 17.1 Å². The van der Waals surface area contributed by atoms with Crippen molar-refractivity contribution in [1.29, 1.82) is 0 Å². The predicted molar refractivity (Wildman–Crippen MR) is 102 cm³/mol. The van der Waals surface area contributed by atoms with E-state index in [0.717, 1.165) is 24.3 Å². The number of fused-ring (bicyclic) bond motifs is 2. The van der Waals surface area contributed by atoms with Crippen LogP contribution < -0.4 is 4.74 Å². The second-order valence-electron chi connectivity index (χ2n) is 7.55. The van der Waals surface area contributed by atoms with Gasteiger partial charge in [-0.3, -0.25) is 4.79 Å². The first-order chi connectivity index (χ1) is 14.3. The number of ketones is 1. The summed E-state index contributed by atoms with van der Waals surface area (Å²) >= 11 is 0.420. The maximum Gasteiger partial charge on any atom is 0.443 e. The topological polar surface area (TPSA) is 65.7 Å². The predicted octanol–water partition coefficient (Wildman–Crippen LogP) is 3.99. The van der Waals surface area contributed by atoms with E-state index in [9.17, 15) is 18.0 Å². The number of carbonyl (C=O) groups is 1. The molecule has 1 saturated heterocycles. The first-order valence-electron chi connectivity index (χ1n) is 9.63. The quantitative estimate of drug-likeness (QED) is 0.546. The zero-order chi connectivity index (χ0) is 21.0. The van der Waals surface area contributed by atoms with Crippen molar-refractivity contribution in [1.82, 2.24) is 14.4 Å². The van der Waals surface area contributed by atoms with Gasteiger partial charge in [-0.05, 0) is 18.8 Å². The molecule has 3 aromatic heterocycles. The highest BCUT2D eigenvalue weighted by molar-refractivity contribution is 7.10. The molecule has 0 aromatic carbocycles. The minimum atomic E-state index is -4.56. The Balaban J connectivity index is 1.43. The number of aromatic nitrogens is 3. The maximum atomic E-state index is 12.8. The van der Waals surface area contributed by atoms with Gasteiger partial charge in [0.15, 0.2) is 10.8 Å². The molecule has 2 atom stereocenters. The van der Waals surface area contributed by atoms with Crippen LogP contribution in [0.5, 0.6) is 5.75 Å². The Morgan fingerprint density at radius 3 is 2.73 bits per heavy atom. The van der Waals surface area contributed by atoms with Gasteiger partial charge in [-0.15, -0.1) is 11.3 Å². The molecule has 1 aliphatic carbocycles. The minimum Gasteiger partial charge on any atom is -0.493 e. The fourth-order valence-corrected chi connectivity index (χ4v) is 4.83. The third kappa shape index (κ3) is 3.37. The number of pyridine rings is 1. The highest BCUT2D eigenvalue weighted by atomic mass is 32.1. The van der Waals surface area contributed by atoms with Crippen LogP contribution >= 0.6 is 11.3 Å². The number of ether oxygens (including phenoxy) is 2. The molecule has 0 bridgehead atoms. The fourth-order valence-electron chi connectivity index (χ4n) is 4.14. The molecule has 1 saturated carbocycles. The minimum absolute atomic E-state index is 0.109. The van der Waals surface area contributed by atoms with Gasteiger partial charge in [-0.2, -0.15) is 13.2 Å². The van der Waals surface area contributed by atoms with Crippen molar-refractivity contribution in [2.75, 3.05) is 19.8 Å². The summed E-state index contributed by atoms with van der Waals surface area (Å²) in [6.07, 6.45) is -0.951. The molecule has 0 radical (unpaired) electrons. The number of hydrogen-bond acceptors (Lipinski definition) is 6. The third-order valence-corrected chi connectivity index (χ3v) is 6.52. The fraction of sp³-hybridized carbons (Fsp3) is 0.450. The van der Waals surface area contributed by atoms with Crippen molar-refractivity contribution in [3.8, 4) is 5.75 Å². The summed E-state index contributed by atoms with van der Waals surface area (Å²) in [5.74, 6) is 1.46. The summed E-state index contributed by atoms with van der Waals surface area (Å²) in [5.41, 5.74) is 2.10. The molecule has 4 heterocycles. The largest absolute Gasteiger partial charge is 0.493 e. The van der Waals surface area contributed by atoms with E-state index in [2.05, 4.69) is 4.98 Å². The second kappa shape index (κ2) is 7.05. The molecule has 2 fully saturated rings. The van der Waals surface area contributed by atoms with Crippen molar-refractivity contribution in [2.24, 2.45) is 11.8 Å². The molecule has 5 rings (SSSR count). The molecule has 1 aliphatic heterocycles. The second-order valence-corrected chi connectivity index (χ2v) is 8.41. The first kappa shape index (κ1) is 19.5. The van der Waals surface area contributed by atoms with E-state index in [-0.39, 0.29) is 12.1 Å². The van der Waals surface area contributed by atoms with Gasteiger partial charge in [0.2, 0.25) is 0 Å². The average Bonchev–Trinajstić information content (AvgIpc) is 3.17. The van der Waals surface area contributed by atoms with E-state index >= 15 is 0 Å². The lowest BCUT2D eigenvalue weighted by molar-refractivity contribution is -0.137. The molecule has 2 unspecified atom stereocenters. The van der Waals surface area contributed by atoms with Gasteiger partial charge < -0.3 is 13.9 Å². The summed E-state index contributed by atoms with van der Waals surface area (Å²) in [6, 6.07) is 1.77. The number of imidazole rings is 1. The van der Waals surface area contributed by atoms with E-state index in [0.29, 0.717) is 52.7 Å². The lowest BCUT2D eigenvalue weighted by atomic mass is 10.1. The maximum absolute atomic E-state index is 12.8. The Morgan fingerprint density at radius 2 is 2.07 bits per heavy atom. The lowest BCUT2D eigenvalue weighted by Gasteiger charge is -2.10. The third-order valence-electron chi connectivity index (χ3n) is 5.63. The van der Waals surface area contributed by atoms with Crippen LogP contribution in [0.15, 0.2) is 23.8 Å². The molecule has 2 aliphatic rings. The monoisotopic (exact) mass is 437 g/mol. The average molecular weight is 437 g/mol. The Bertz CT molecular complexity index is 1110. The van der Waals surface area contributed by atoms with Crippen LogP contribution in [0.1, 0.15) is 39.6 Å². The summed E-state index contributed by atoms with van der Waals surface area (Å²) in [6.45, 7) is 3.75. The molecule has 0 N–H and O–H groups in total. The smallest absolute Gasteiger partial charge is 0.443 e. The van der Waals surface area contributed by atoms with Crippen LogP contribution in [0.4, 0.5) is 13.2 Å². The molecule has 30 heavy (non-hydrogen) atoms. The summed E-state index contributed by atoms with van der Waals surface area (Å²) < 4.78 is 51.3.